The van der Waals surface area contributed by atoms with Crippen LogP contribution < -0.4 is 0 Å². The molecule has 0 radical (unpaired) electrons. The molecule has 2 aromatic rings. The van der Waals surface area contributed by atoms with Crippen molar-refractivity contribution in [1.82, 2.24) is 0 Å². The predicted octanol–water partition coefficient (Wildman–Crippen LogP) is 4.51. The first kappa shape index (κ1) is 12.8. The van der Waals surface area contributed by atoms with Crippen LogP contribution in [0.25, 0.3) is 0 Å². The maximum Gasteiger partial charge on any atom is 0.195 e. The molecule has 0 aliphatic heterocycles. The number of hydrogen-bond acceptors (Lipinski definition) is 2. The van der Waals surface area contributed by atoms with Gasteiger partial charge >= 0.3 is 0 Å². The molecule has 1 heterocycles. The van der Waals surface area contributed by atoms with E-state index in [9.17, 15) is 4.79 Å². The lowest BCUT2D eigenvalue weighted by molar-refractivity contribution is 0.103. The van der Waals surface area contributed by atoms with Gasteiger partial charge in [0.2, 0.25) is 0 Å². The molecule has 0 spiro atoms. The summed E-state index contributed by atoms with van der Waals surface area (Å²) < 4.78 is 1.05. The molecule has 1 aromatic carbocycles. The largest absolute Gasteiger partial charge is 0.289 e. The Balaban J connectivity index is 2.51. The minimum absolute atomic E-state index is 0.139. The van der Waals surface area contributed by atoms with Gasteiger partial charge in [-0.1, -0.05) is 12.1 Å². The molecule has 0 N–H and O–H groups in total. The van der Waals surface area contributed by atoms with Crippen LogP contribution in [0.5, 0.6) is 0 Å². The summed E-state index contributed by atoms with van der Waals surface area (Å²) >= 11 is 3.93. The van der Waals surface area contributed by atoms with Gasteiger partial charge in [0.15, 0.2) is 5.78 Å². The van der Waals surface area contributed by atoms with Crippen LogP contribution in [0.1, 0.15) is 31.2 Å². The molecule has 3 heteroatoms. The predicted molar refractivity (Wildman–Crippen MR) is 81.1 cm³/mol. The van der Waals surface area contributed by atoms with Crippen LogP contribution in [0.15, 0.2) is 24.3 Å². The number of benzene rings is 1. The van der Waals surface area contributed by atoms with Gasteiger partial charge < -0.3 is 0 Å². The summed E-state index contributed by atoms with van der Waals surface area (Å²) in [5.41, 5.74) is 2.81. The molecular weight excluding hydrogens is 343 g/mol. The van der Waals surface area contributed by atoms with E-state index in [0.717, 1.165) is 25.1 Å². The molecular formula is C14H13IOS. The Bertz CT molecular complexity index is 584. The highest BCUT2D eigenvalue weighted by Crippen LogP contribution is 2.26. The molecule has 0 atom stereocenters. The van der Waals surface area contributed by atoms with E-state index in [2.05, 4.69) is 22.6 Å². The first-order valence-corrected chi connectivity index (χ1v) is 7.27. The second kappa shape index (κ2) is 4.90. The average molecular weight is 356 g/mol. The number of thiophene rings is 1. The van der Waals surface area contributed by atoms with Crippen LogP contribution in [-0.4, -0.2) is 5.78 Å². The molecule has 0 aliphatic rings. The van der Waals surface area contributed by atoms with Gasteiger partial charge in [0, 0.05) is 24.5 Å². The Morgan fingerprint density at radius 3 is 2.47 bits per heavy atom. The third kappa shape index (κ3) is 2.45. The zero-order valence-corrected chi connectivity index (χ0v) is 13.0. The summed E-state index contributed by atoms with van der Waals surface area (Å²) in [5, 5.41) is 0. The molecule has 17 heavy (non-hydrogen) atoms. The van der Waals surface area contributed by atoms with Crippen molar-refractivity contribution >= 4 is 39.7 Å². The SMILES string of the molecule is Cc1cc(C(=O)c2cccc(C)c2I)c(C)s1. The number of hydrogen-bond donors (Lipinski definition) is 0. The van der Waals surface area contributed by atoms with Gasteiger partial charge in [-0.2, -0.15) is 0 Å². The molecule has 0 saturated carbocycles. The fourth-order valence-corrected chi connectivity index (χ4v) is 3.35. The third-order valence-electron chi connectivity index (χ3n) is 2.72. The van der Waals surface area contributed by atoms with Gasteiger partial charge in [0.25, 0.3) is 0 Å². The number of carbonyl (C=O) groups is 1. The van der Waals surface area contributed by atoms with Crippen molar-refractivity contribution in [3.63, 3.8) is 0 Å². The van der Waals surface area contributed by atoms with Crippen molar-refractivity contribution in [2.24, 2.45) is 0 Å². The van der Waals surface area contributed by atoms with Gasteiger partial charge in [0.1, 0.15) is 0 Å². The van der Waals surface area contributed by atoms with Gasteiger partial charge in [-0.15, -0.1) is 11.3 Å². The Morgan fingerprint density at radius 1 is 1.18 bits per heavy atom. The summed E-state index contributed by atoms with van der Waals surface area (Å²) in [4.78, 5) is 14.7. The molecule has 0 saturated heterocycles. The highest BCUT2D eigenvalue weighted by atomic mass is 127. The zero-order valence-electron chi connectivity index (χ0n) is 10.0. The molecule has 0 aliphatic carbocycles. The Labute approximate surface area is 119 Å². The van der Waals surface area contributed by atoms with Crippen LogP contribution in [0.2, 0.25) is 0 Å². The summed E-state index contributed by atoms with van der Waals surface area (Å²) in [7, 11) is 0. The van der Waals surface area contributed by atoms with Crippen LogP contribution in [-0.2, 0) is 0 Å². The molecule has 0 fully saturated rings. The monoisotopic (exact) mass is 356 g/mol. The number of halogens is 1. The van der Waals surface area contributed by atoms with Crippen LogP contribution in [0, 0.1) is 24.3 Å². The number of carbonyl (C=O) groups excluding carboxylic acids is 1. The lowest BCUT2D eigenvalue weighted by atomic mass is 10.0. The van der Waals surface area contributed by atoms with Crippen molar-refractivity contribution in [2.45, 2.75) is 20.8 Å². The van der Waals surface area contributed by atoms with E-state index in [-0.39, 0.29) is 5.78 Å². The highest BCUT2D eigenvalue weighted by Gasteiger charge is 2.17. The summed E-state index contributed by atoms with van der Waals surface area (Å²) in [6, 6.07) is 7.87. The summed E-state index contributed by atoms with van der Waals surface area (Å²) in [6.45, 7) is 6.08. The quantitative estimate of drug-likeness (QED) is 0.572. The lowest BCUT2D eigenvalue weighted by Crippen LogP contribution is -2.04. The summed E-state index contributed by atoms with van der Waals surface area (Å²) in [5.74, 6) is 0.139. The maximum absolute atomic E-state index is 12.5. The van der Waals surface area contributed by atoms with Crippen LogP contribution in [0.4, 0.5) is 0 Å². The van der Waals surface area contributed by atoms with Gasteiger partial charge in [0.05, 0.1) is 0 Å². The topological polar surface area (TPSA) is 17.1 Å². The lowest BCUT2D eigenvalue weighted by Gasteiger charge is -2.05. The van der Waals surface area contributed by atoms with E-state index in [1.807, 2.05) is 45.0 Å². The molecule has 0 amide bonds. The zero-order chi connectivity index (χ0) is 12.6. The molecule has 0 bridgehead atoms. The van der Waals surface area contributed by atoms with Crippen molar-refractivity contribution in [1.29, 1.82) is 0 Å². The normalized spacial score (nSPS) is 10.6. The second-order valence-corrected chi connectivity index (χ2v) is 6.63. The van der Waals surface area contributed by atoms with Crippen LogP contribution >= 0.6 is 33.9 Å². The smallest absolute Gasteiger partial charge is 0.195 e. The van der Waals surface area contributed by atoms with Crippen LogP contribution in [0.3, 0.4) is 0 Å². The number of aryl methyl sites for hydroxylation is 3. The van der Waals surface area contributed by atoms with E-state index in [1.165, 1.54) is 4.88 Å². The molecule has 88 valence electrons. The first-order chi connectivity index (χ1) is 8.00. The fraction of sp³-hybridized carbons (Fsp3) is 0.214. The highest BCUT2D eigenvalue weighted by molar-refractivity contribution is 14.1. The van der Waals surface area contributed by atoms with E-state index in [4.69, 9.17) is 0 Å². The van der Waals surface area contributed by atoms with E-state index < -0.39 is 0 Å². The van der Waals surface area contributed by atoms with E-state index >= 15 is 0 Å². The fourth-order valence-electron chi connectivity index (χ4n) is 1.82. The van der Waals surface area contributed by atoms with Crippen molar-refractivity contribution in [2.75, 3.05) is 0 Å². The van der Waals surface area contributed by atoms with Gasteiger partial charge in [-0.05, 0) is 61.1 Å². The molecule has 0 unspecified atom stereocenters. The average Bonchev–Trinajstić information content (AvgIpc) is 2.61. The molecule has 1 aromatic heterocycles. The Kier molecular flexibility index (Phi) is 3.68. The standard InChI is InChI=1S/C14H13IOS/c1-8-5-4-6-11(13(8)15)14(16)12-7-9(2)17-10(12)3/h4-7H,1-3H3. The minimum Gasteiger partial charge on any atom is -0.289 e. The van der Waals surface area contributed by atoms with Gasteiger partial charge in [-0.25, -0.2) is 0 Å². The molecule has 2 rings (SSSR count). The van der Waals surface area contributed by atoms with E-state index in [0.29, 0.717) is 0 Å². The van der Waals surface area contributed by atoms with Crippen molar-refractivity contribution in [3.8, 4) is 0 Å². The van der Waals surface area contributed by atoms with Gasteiger partial charge in [-0.3, -0.25) is 4.79 Å². The second-order valence-electron chi connectivity index (χ2n) is 4.09. The van der Waals surface area contributed by atoms with Crippen molar-refractivity contribution in [3.05, 3.63) is 54.3 Å². The number of ketones is 1. The Hall–Kier alpha value is -0.680. The van der Waals surface area contributed by atoms with Crippen molar-refractivity contribution < 1.29 is 4.79 Å². The first-order valence-electron chi connectivity index (χ1n) is 5.37. The number of rotatable bonds is 2. The molecule has 1 nitrogen and oxygen atoms in total. The minimum atomic E-state index is 0.139. The summed E-state index contributed by atoms with van der Waals surface area (Å²) in [6.07, 6.45) is 0. The third-order valence-corrected chi connectivity index (χ3v) is 5.12. The van der Waals surface area contributed by atoms with E-state index in [1.54, 1.807) is 11.3 Å². The maximum atomic E-state index is 12.5. The Morgan fingerprint density at radius 2 is 1.88 bits per heavy atom.